The highest BCUT2D eigenvalue weighted by Crippen LogP contribution is 2.20. The van der Waals surface area contributed by atoms with Crippen molar-refractivity contribution in [3.8, 4) is 0 Å². The van der Waals surface area contributed by atoms with Gasteiger partial charge in [0.1, 0.15) is 5.82 Å². The van der Waals surface area contributed by atoms with E-state index in [9.17, 15) is 9.18 Å². The highest BCUT2D eigenvalue weighted by Gasteiger charge is 2.23. The van der Waals surface area contributed by atoms with Gasteiger partial charge in [-0.1, -0.05) is 26.8 Å². The molecule has 0 radical (unpaired) electrons. The van der Waals surface area contributed by atoms with Crippen LogP contribution in [0, 0.1) is 11.4 Å². The number of carbonyl (C=O) groups excluding carboxylic acids is 1. The second kappa shape index (κ2) is 5.23. The Morgan fingerprint density at radius 3 is 2.71 bits per heavy atom. The number of hydrogen-bond donors (Lipinski definition) is 2. The van der Waals surface area contributed by atoms with Crippen LogP contribution in [0.3, 0.4) is 0 Å². The molecule has 0 bridgehead atoms. The minimum atomic E-state index is -0.622. The van der Waals surface area contributed by atoms with Crippen LogP contribution in [0.15, 0.2) is 18.2 Å². The summed E-state index contributed by atoms with van der Waals surface area (Å²) in [5.74, 6) is -0.676. The van der Waals surface area contributed by atoms with E-state index in [2.05, 4.69) is 10.3 Å². The minimum Gasteiger partial charge on any atom is -0.327 e. The average Bonchev–Trinajstić information content (AvgIpc) is 2.15. The lowest BCUT2D eigenvalue weighted by Crippen LogP contribution is -2.38. The van der Waals surface area contributed by atoms with Crippen LogP contribution in [-0.4, -0.2) is 16.9 Å². The van der Waals surface area contributed by atoms with Gasteiger partial charge < -0.3 is 11.1 Å². The summed E-state index contributed by atoms with van der Waals surface area (Å²) in [5.41, 5.74) is 5.73. The number of aromatic nitrogens is 1. The Balaban J connectivity index is 2.56. The molecular weight excluding hydrogens is 221 g/mol. The smallest absolute Gasteiger partial charge is 0.227 e. The molecule has 0 fully saturated rings. The first-order chi connectivity index (χ1) is 7.79. The van der Waals surface area contributed by atoms with E-state index in [-0.39, 0.29) is 29.6 Å². The van der Waals surface area contributed by atoms with E-state index in [0.29, 0.717) is 0 Å². The van der Waals surface area contributed by atoms with Crippen LogP contribution in [0.1, 0.15) is 27.2 Å². The van der Waals surface area contributed by atoms with Crippen molar-refractivity contribution in [2.75, 3.05) is 5.32 Å². The lowest BCUT2D eigenvalue weighted by molar-refractivity contribution is -0.117. The van der Waals surface area contributed by atoms with Crippen LogP contribution in [0.4, 0.5) is 10.2 Å². The first-order valence-corrected chi connectivity index (χ1v) is 5.47. The number of hydrogen-bond acceptors (Lipinski definition) is 3. The van der Waals surface area contributed by atoms with E-state index >= 15 is 0 Å². The molecule has 0 aliphatic heterocycles. The average molecular weight is 239 g/mol. The van der Waals surface area contributed by atoms with Crippen molar-refractivity contribution in [3.05, 3.63) is 24.1 Å². The SMILES string of the molecule is CC(C)(C)C(N)CC(=O)Nc1cccc(F)n1. The third-order valence-electron chi connectivity index (χ3n) is 2.50. The molecule has 17 heavy (non-hydrogen) atoms. The molecule has 4 nitrogen and oxygen atoms in total. The van der Waals surface area contributed by atoms with Gasteiger partial charge in [0.25, 0.3) is 0 Å². The maximum absolute atomic E-state index is 12.8. The zero-order valence-electron chi connectivity index (χ0n) is 10.3. The van der Waals surface area contributed by atoms with E-state index < -0.39 is 5.95 Å². The molecule has 0 aromatic carbocycles. The van der Waals surface area contributed by atoms with E-state index in [0.717, 1.165) is 0 Å². The van der Waals surface area contributed by atoms with Gasteiger partial charge >= 0.3 is 0 Å². The van der Waals surface area contributed by atoms with E-state index in [1.54, 1.807) is 0 Å². The van der Waals surface area contributed by atoms with E-state index in [4.69, 9.17) is 5.73 Å². The van der Waals surface area contributed by atoms with Crippen molar-refractivity contribution in [1.82, 2.24) is 4.98 Å². The largest absolute Gasteiger partial charge is 0.327 e. The summed E-state index contributed by atoms with van der Waals surface area (Å²) in [5, 5.41) is 2.52. The van der Waals surface area contributed by atoms with Crippen LogP contribution < -0.4 is 11.1 Å². The standard InChI is InChI=1S/C12H18FN3O/c1-12(2,3)8(14)7-11(17)16-10-6-4-5-9(13)15-10/h4-6,8H,7,14H2,1-3H3,(H,15,16,17). The summed E-state index contributed by atoms with van der Waals surface area (Å²) in [6, 6.07) is 3.98. The Kier molecular flexibility index (Phi) is 4.17. The molecule has 1 aromatic heterocycles. The minimum absolute atomic E-state index is 0.146. The van der Waals surface area contributed by atoms with Crippen molar-refractivity contribution >= 4 is 11.7 Å². The lowest BCUT2D eigenvalue weighted by Gasteiger charge is -2.26. The number of rotatable bonds is 3. The van der Waals surface area contributed by atoms with Crippen LogP contribution in [0.5, 0.6) is 0 Å². The quantitative estimate of drug-likeness (QED) is 0.792. The zero-order chi connectivity index (χ0) is 13.1. The van der Waals surface area contributed by atoms with Gasteiger partial charge in [-0.15, -0.1) is 0 Å². The molecule has 0 aliphatic carbocycles. The maximum Gasteiger partial charge on any atom is 0.227 e. The predicted molar refractivity (Wildman–Crippen MR) is 64.9 cm³/mol. The Morgan fingerprint density at radius 1 is 1.53 bits per heavy atom. The number of halogens is 1. The number of amides is 1. The summed E-state index contributed by atoms with van der Waals surface area (Å²) < 4.78 is 12.8. The van der Waals surface area contributed by atoms with Gasteiger partial charge in [-0.2, -0.15) is 4.39 Å². The van der Waals surface area contributed by atoms with Gasteiger partial charge in [-0.05, 0) is 17.5 Å². The summed E-state index contributed by atoms with van der Waals surface area (Å²) in [4.78, 5) is 15.2. The fraction of sp³-hybridized carbons (Fsp3) is 0.500. The van der Waals surface area contributed by atoms with Gasteiger partial charge in [0.05, 0.1) is 0 Å². The van der Waals surface area contributed by atoms with Crippen LogP contribution in [0.25, 0.3) is 0 Å². The molecule has 1 atom stereocenters. The van der Waals surface area contributed by atoms with Gasteiger partial charge in [0, 0.05) is 12.5 Å². The molecule has 0 spiro atoms. The van der Waals surface area contributed by atoms with Crippen molar-refractivity contribution in [2.45, 2.75) is 33.2 Å². The van der Waals surface area contributed by atoms with E-state index in [1.165, 1.54) is 18.2 Å². The van der Waals surface area contributed by atoms with Gasteiger partial charge in [0.15, 0.2) is 0 Å². The summed E-state index contributed by atoms with van der Waals surface area (Å²) >= 11 is 0. The third kappa shape index (κ3) is 4.48. The number of carbonyl (C=O) groups is 1. The molecule has 1 heterocycles. The van der Waals surface area contributed by atoms with Crippen LogP contribution in [0.2, 0.25) is 0 Å². The van der Waals surface area contributed by atoms with Crippen molar-refractivity contribution in [2.24, 2.45) is 11.1 Å². The van der Waals surface area contributed by atoms with Gasteiger partial charge in [-0.3, -0.25) is 4.79 Å². The predicted octanol–water partition coefficient (Wildman–Crippen LogP) is 1.92. The summed E-state index contributed by atoms with van der Waals surface area (Å²) in [6.45, 7) is 5.89. The summed E-state index contributed by atoms with van der Waals surface area (Å²) in [6.07, 6.45) is 0.182. The molecule has 1 amide bonds. The third-order valence-corrected chi connectivity index (χ3v) is 2.50. The zero-order valence-corrected chi connectivity index (χ0v) is 10.3. The molecule has 5 heteroatoms. The number of pyridine rings is 1. The molecule has 94 valence electrons. The van der Waals surface area contributed by atoms with Crippen LogP contribution in [-0.2, 0) is 4.79 Å². The molecule has 0 saturated carbocycles. The lowest BCUT2D eigenvalue weighted by atomic mass is 9.85. The number of nitrogens with one attached hydrogen (secondary N) is 1. The Morgan fingerprint density at radius 2 is 2.18 bits per heavy atom. The first-order valence-electron chi connectivity index (χ1n) is 5.47. The van der Waals surface area contributed by atoms with Gasteiger partial charge in [0.2, 0.25) is 11.9 Å². The normalized spacial score (nSPS) is 13.2. The van der Waals surface area contributed by atoms with Crippen molar-refractivity contribution < 1.29 is 9.18 Å². The molecule has 1 unspecified atom stereocenters. The fourth-order valence-electron chi connectivity index (χ4n) is 1.18. The Labute approximate surface area is 100 Å². The summed E-state index contributed by atoms with van der Waals surface area (Å²) in [7, 11) is 0. The Hall–Kier alpha value is -1.49. The second-order valence-electron chi connectivity index (χ2n) is 5.07. The fourth-order valence-corrected chi connectivity index (χ4v) is 1.18. The topological polar surface area (TPSA) is 68.0 Å². The second-order valence-corrected chi connectivity index (χ2v) is 5.07. The Bertz CT molecular complexity index is 401. The molecule has 0 saturated heterocycles. The number of nitrogens with two attached hydrogens (primary N) is 1. The monoisotopic (exact) mass is 239 g/mol. The number of nitrogens with zero attached hydrogens (tertiary/aromatic N) is 1. The molecule has 1 aromatic rings. The molecule has 3 N–H and O–H groups in total. The molecule has 1 rings (SSSR count). The van der Waals surface area contributed by atoms with Crippen LogP contribution >= 0.6 is 0 Å². The highest BCUT2D eigenvalue weighted by molar-refractivity contribution is 5.90. The van der Waals surface area contributed by atoms with Gasteiger partial charge in [-0.25, -0.2) is 4.98 Å². The van der Waals surface area contributed by atoms with E-state index in [1.807, 2.05) is 20.8 Å². The maximum atomic E-state index is 12.8. The molecule has 0 aliphatic rings. The molecular formula is C12H18FN3O. The van der Waals surface area contributed by atoms with Crippen molar-refractivity contribution in [1.29, 1.82) is 0 Å². The first kappa shape index (κ1) is 13.6. The number of anilines is 1. The van der Waals surface area contributed by atoms with Crippen molar-refractivity contribution in [3.63, 3.8) is 0 Å². The highest BCUT2D eigenvalue weighted by atomic mass is 19.1.